The Hall–Kier alpha value is -1.24. The molecule has 6 rings (SSSR count). The normalized spacial score (nSPS) is 44.2. The molecule has 5 fully saturated rings. The number of rotatable bonds is 1. The second-order valence-corrected chi connectivity index (χ2v) is 12.7. The van der Waals surface area contributed by atoms with Crippen molar-refractivity contribution in [1.82, 2.24) is 4.90 Å². The van der Waals surface area contributed by atoms with E-state index in [1.54, 1.807) is 7.05 Å². The molecular weight excluding hydrogens is 418 g/mol. The Morgan fingerprint density at radius 3 is 2.30 bits per heavy atom. The Morgan fingerprint density at radius 2 is 1.61 bits per heavy atom. The molecule has 33 heavy (non-hydrogen) atoms. The van der Waals surface area contributed by atoms with Gasteiger partial charge in [-0.25, -0.2) is 0 Å². The maximum Gasteiger partial charge on any atom is 0.233 e. The van der Waals surface area contributed by atoms with Crippen LogP contribution in [0, 0.1) is 35.0 Å². The molecule has 2 heterocycles. The molecule has 0 bridgehead atoms. The monoisotopic (exact) mass is 457 g/mol. The minimum atomic E-state index is -0.557. The van der Waals surface area contributed by atoms with E-state index in [1.165, 1.54) is 16.0 Å². The van der Waals surface area contributed by atoms with Crippen LogP contribution in [0.2, 0.25) is 0 Å². The Kier molecular flexibility index (Phi) is 4.81. The van der Waals surface area contributed by atoms with Gasteiger partial charge in [0.2, 0.25) is 11.8 Å². The topological polar surface area (TPSA) is 65.1 Å². The summed E-state index contributed by atoms with van der Waals surface area (Å²) in [5, 5.41) is 0. The summed E-state index contributed by atoms with van der Waals surface area (Å²) < 4.78 is 18.7. The molecule has 182 valence electrons. The number of amides is 2. The molecule has 1 spiro atoms. The molecule has 2 aliphatic heterocycles. The molecule has 0 aromatic rings. The Bertz CT molecular complexity index is 912. The molecule has 0 unspecified atom stereocenters. The number of carbonyl (C=O) groups is 2. The first-order valence-corrected chi connectivity index (χ1v) is 13.0. The number of allylic oxidation sites excluding steroid dienone is 2. The van der Waals surface area contributed by atoms with Gasteiger partial charge in [0, 0.05) is 19.9 Å². The molecule has 0 N–H and O–H groups in total. The van der Waals surface area contributed by atoms with Crippen LogP contribution in [0.1, 0.15) is 72.6 Å². The number of likely N-dealkylation sites (tertiary alicyclic amines) is 1. The van der Waals surface area contributed by atoms with Gasteiger partial charge in [-0.05, 0) is 76.0 Å². The second-order valence-electron chi connectivity index (χ2n) is 12.7. The van der Waals surface area contributed by atoms with Crippen molar-refractivity contribution in [3.05, 3.63) is 11.1 Å². The number of hydrogen-bond acceptors (Lipinski definition) is 5. The lowest BCUT2D eigenvalue weighted by molar-refractivity contribution is -0.187. The third kappa shape index (κ3) is 3.09. The highest BCUT2D eigenvalue weighted by atomic mass is 16.7. The second kappa shape index (κ2) is 7.14. The van der Waals surface area contributed by atoms with Gasteiger partial charge < -0.3 is 14.2 Å². The molecule has 6 nitrogen and oxygen atoms in total. The molecule has 4 aliphatic carbocycles. The van der Waals surface area contributed by atoms with Crippen molar-refractivity contribution in [3.63, 3.8) is 0 Å². The maximum atomic E-state index is 13.6. The molecule has 6 heteroatoms. The smallest absolute Gasteiger partial charge is 0.233 e. The van der Waals surface area contributed by atoms with E-state index in [-0.39, 0.29) is 52.6 Å². The summed E-state index contributed by atoms with van der Waals surface area (Å²) in [6.45, 7) is 10.1. The summed E-state index contributed by atoms with van der Waals surface area (Å²) in [6, 6.07) is 0. The summed E-state index contributed by atoms with van der Waals surface area (Å²) >= 11 is 0. The molecule has 0 aromatic heterocycles. The first kappa shape index (κ1) is 22.2. The van der Waals surface area contributed by atoms with Gasteiger partial charge in [0.15, 0.2) is 5.79 Å². The zero-order valence-electron chi connectivity index (χ0n) is 20.8. The van der Waals surface area contributed by atoms with Gasteiger partial charge in [0.25, 0.3) is 0 Å². The lowest BCUT2D eigenvalue weighted by Crippen LogP contribution is -2.52. The van der Waals surface area contributed by atoms with E-state index < -0.39 is 5.79 Å². The van der Waals surface area contributed by atoms with Gasteiger partial charge in [0.1, 0.15) is 0 Å². The fraction of sp³-hybridized carbons (Fsp3) is 0.852. The highest BCUT2D eigenvalue weighted by Crippen LogP contribution is 2.65. The van der Waals surface area contributed by atoms with Crippen molar-refractivity contribution in [1.29, 1.82) is 0 Å². The van der Waals surface area contributed by atoms with Crippen LogP contribution in [-0.4, -0.2) is 54.5 Å². The number of hydrogen-bond donors (Lipinski definition) is 0. The predicted octanol–water partition coefficient (Wildman–Crippen LogP) is 4.08. The number of carbonyl (C=O) groups excluding carboxylic acids is 2. The number of ether oxygens (including phenoxy) is 3. The molecular formula is C27H39NO5. The molecule has 2 amide bonds. The lowest BCUT2D eigenvalue weighted by atomic mass is 9.50. The zero-order chi connectivity index (χ0) is 23.3. The highest BCUT2D eigenvalue weighted by molar-refractivity contribution is 6.05. The summed E-state index contributed by atoms with van der Waals surface area (Å²) in [5.74, 6) is -0.372. The first-order chi connectivity index (χ1) is 15.5. The van der Waals surface area contributed by atoms with E-state index in [9.17, 15) is 9.59 Å². The molecule has 2 saturated heterocycles. The van der Waals surface area contributed by atoms with E-state index in [0.717, 1.165) is 38.5 Å². The van der Waals surface area contributed by atoms with Crippen LogP contribution in [0.25, 0.3) is 0 Å². The molecule has 7 atom stereocenters. The minimum Gasteiger partial charge on any atom is -0.372 e. The molecule has 3 saturated carbocycles. The Morgan fingerprint density at radius 1 is 0.939 bits per heavy atom. The largest absolute Gasteiger partial charge is 0.372 e. The van der Waals surface area contributed by atoms with E-state index in [1.807, 2.05) is 0 Å². The van der Waals surface area contributed by atoms with Crippen molar-refractivity contribution in [2.45, 2.75) is 90.1 Å². The summed E-state index contributed by atoms with van der Waals surface area (Å²) in [7, 11) is 1.69. The SMILES string of the molecule is CN1C(=O)[C@@H]2[C@H](C1=O)[C@@H]1CC3(CCC1=C1CC[C@]4(C)[C@@H](OC(C)(C)C)CC[C@@H]4[C@@H]12)OCCO3. The van der Waals surface area contributed by atoms with Gasteiger partial charge in [-0.15, -0.1) is 0 Å². The van der Waals surface area contributed by atoms with Crippen LogP contribution in [-0.2, 0) is 23.8 Å². The maximum absolute atomic E-state index is 13.6. The average molecular weight is 458 g/mol. The average Bonchev–Trinajstić information content (AvgIpc) is 3.40. The van der Waals surface area contributed by atoms with Crippen molar-refractivity contribution >= 4 is 11.8 Å². The number of nitrogens with zero attached hydrogens (tertiary/aromatic N) is 1. The van der Waals surface area contributed by atoms with Crippen LogP contribution >= 0.6 is 0 Å². The summed E-state index contributed by atoms with van der Waals surface area (Å²) in [6.07, 6.45) is 6.97. The van der Waals surface area contributed by atoms with Crippen LogP contribution in [0.5, 0.6) is 0 Å². The molecule has 0 aromatic carbocycles. The Balaban J connectivity index is 1.42. The fourth-order valence-corrected chi connectivity index (χ4v) is 8.68. The molecule has 6 aliphatic rings. The third-order valence-electron chi connectivity index (χ3n) is 10.0. The van der Waals surface area contributed by atoms with E-state index in [0.29, 0.717) is 25.6 Å². The van der Waals surface area contributed by atoms with E-state index in [4.69, 9.17) is 14.2 Å². The number of imide groups is 1. The highest BCUT2D eigenvalue weighted by Gasteiger charge is 2.65. The van der Waals surface area contributed by atoms with Crippen LogP contribution in [0.4, 0.5) is 0 Å². The van der Waals surface area contributed by atoms with Crippen molar-refractivity contribution in [3.8, 4) is 0 Å². The predicted molar refractivity (Wildman–Crippen MR) is 122 cm³/mol. The van der Waals surface area contributed by atoms with E-state index in [2.05, 4.69) is 27.7 Å². The van der Waals surface area contributed by atoms with Gasteiger partial charge in [0.05, 0.1) is 36.8 Å². The number of fused-ring (bicyclic) bond motifs is 7. The summed E-state index contributed by atoms with van der Waals surface area (Å²) in [4.78, 5) is 28.5. The zero-order valence-corrected chi connectivity index (χ0v) is 20.8. The van der Waals surface area contributed by atoms with E-state index >= 15 is 0 Å². The van der Waals surface area contributed by atoms with Gasteiger partial charge in [-0.3, -0.25) is 14.5 Å². The van der Waals surface area contributed by atoms with Crippen molar-refractivity contribution in [2.24, 2.45) is 35.0 Å². The van der Waals surface area contributed by atoms with Crippen LogP contribution in [0.15, 0.2) is 11.1 Å². The third-order valence-corrected chi connectivity index (χ3v) is 10.0. The first-order valence-electron chi connectivity index (χ1n) is 13.0. The van der Waals surface area contributed by atoms with Gasteiger partial charge >= 0.3 is 0 Å². The van der Waals surface area contributed by atoms with Crippen molar-refractivity contribution in [2.75, 3.05) is 20.3 Å². The standard InChI is InChI=1S/C27H39NO5/c1-25(2,3)33-19-7-6-18-20-16(8-10-26(18,19)4)15-9-11-27(31-12-13-32-27)14-17(15)21-22(20)24(30)28(5)23(21)29/h17-22H,6-14H2,1-5H3/t17-,18-,19+,20-,21-,22+,26+/m1/s1. The summed E-state index contributed by atoms with van der Waals surface area (Å²) in [5.41, 5.74) is 2.84. The lowest BCUT2D eigenvalue weighted by Gasteiger charge is -2.54. The van der Waals surface area contributed by atoms with Gasteiger partial charge in [-0.1, -0.05) is 18.1 Å². The Labute approximate surface area is 197 Å². The quantitative estimate of drug-likeness (QED) is 0.439. The molecule has 0 radical (unpaired) electrons. The fourth-order valence-electron chi connectivity index (χ4n) is 8.68. The van der Waals surface area contributed by atoms with Crippen LogP contribution < -0.4 is 0 Å². The van der Waals surface area contributed by atoms with Crippen molar-refractivity contribution < 1.29 is 23.8 Å². The minimum absolute atomic E-state index is 0.00867. The van der Waals surface area contributed by atoms with Crippen LogP contribution in [0.3, 0.4) is 0 Å². The van der Waals surface area contributed by atoms with Gasteiger partial charge in [-0.2, -0.15) is 0 Å².